The van der Waals surface area contributed by atoms with E-state index in [0.29, 0.717) is 6.92 Å². The topological polar surface area (TPSA) is 37.3 Å². The number of rotatable bonds is 1. The summed E-state index contributed by atoms with van der Waals surface area (Å²) in [6.45, 7) is 0.294. The Hall–Kier alpha value is -0.290. The zero-order valence-electron chi connectivity index (χ0n) is 4.87. The van der Waals surface area contributed by atoms with Gasteiger partial charge in [-0.25, -0.2) is 0 Å². The SMILES string of the molecule is CC(O)(C(=O)Cl)C(F)(F)F. The molecule has 0 aliphatic rings. The minimum atomic E-state index is -5.01. The molecule has 1 atom stereocenters. The summed E-state index contributed by atoms with van der Waals surface area (Å²) >= 11 is 4.45. The Balaban J connectivity index is 4.57. The number of hydrogen-bond donors (Lipinski definition) is 1. The number of alkyl halides is 3. The maximum absolute atomic E-state index is 11.5. The van der Waals surface area contributed by atoms with Crippen LogP contribution in [-0.4, -0.2) is 22.1 Å². The molecule has 0 fully saturated rings. The second-order valence-corrected chi connectivity index (χ2v) is 2.19. The Morgan fingerprint density at radius 3 is 1.80 bits per heavy atom. The Morgan fingerprint density at radius 1 is 1.50 bits per heavy atom. The van der Waals surface area contributed by atoms with Gasteiger partial charge in [0.1, 0.15) is 0 Å². The molecule has 0 amide bonds. The summed E-state index contributed by atoms with van der Waals surface area (Å²) in [5.41, 5.74) is -3.44. The predicted octanol–water partition coefficient (Wildman–Crippen LogP) is 1.07. The van der Waals surface area contributed by atoms with E-state index >= 15 is 0 Å². The summed E-state index contributed by atoms with van der Waals surface area (Å²) < 4.78 is 34.6. The number of halogens is 4. The first-order valence-corrected chi connectivity index (χ1v) is 2.56. The Kier molecular flexibility index (Phi) is 2.32. The van der Waals surface area contributed by atoms with Crippen LogP contribution in [-0.2, 0) is 4.79 Å². The lowest BCUT2D eigenvalue weighted by atomic mass is 10.1. The summed E-state index contributed by atoms with van der Waals surface area (Å²) in [7, 11) is 0. The standard InChI is InChI=1S/C4H4ClF3O2/c1-3(10,2(5)9)4(6,7)8/h10H,1H3. The van der Waals surface area contributed by atoms with Gasteiger partial charge in [-0.05, 0) is 18.5 Å². The van der Waals surface area contributed by atoms with Gasteiger partial charge in [0.25, 0.3) is 5.24 Å². The zero-order chi connectivity index (χ0) is 8.58. The lowest BCUT2D eigenvalue weighted by Gasteiger charge is -2.20. The van der Waals surface area contributed by atoms with Crippen LogP contribution in [0.4, 0.5) is 13.2 Å². The molecule has 0 spiro atoms. The van der Waals surface area contributed by atoms with Crippen molar-refractivity contribution in [2.45, 2.75) is 18.7 Å². The molecule has 1 N–H and O–H groups in total. The van der Waals surface area contributed by atoms with Crippen molar-refractivity contribution >= 4 is 16.8 Å². The van der Waals surface area contributed by atoms with Crippen molar-refractivity contribution in [2.75, 3.05) is 0 Å². The van der Waals surface area contributed by atoms with Gasteiger partial charge in [-0.1, -0.05) is 0 Å². The Bertz CT molecular complexity index is 151. The number of carbonyl (C=O) groups is 1. The minimum absolute atomic E-state index is 0.294. The second kappa shape index (κ2) is 2.39. The fourth-order valence-corrected chi connectivity index (χ4v) is 0.219. The molecule has 0 aromatic rings. The molecule has 1 unspecified atom stereocenters. The Morgan fingerprint density at radius 2 is 1.80 bits per heavy atom. The fourth-order valence-electron chi connectivity index (χ4n) is 0.111. The molecule has 60 valence electrons. The molecule has 0 saturated heterocycles. The third kappa shape index (κ3) is 1.60. The number of hydrogen-bond acceptors (Lipinski definition) is 2. The van der Waals surface area contributed by atoms with Crippen LogP contribution < -0.4 is 0 Å². The van der Waals surface area contributed by atoms with Crippen LogP contribution in [0, 0.1) is 0 Å². The highest BCUT2D eigenvalue weighted by Gasteiger charge is 2.54. The molecule has 0 rings (SSSR count). The number of aliphatic hydroxyl groups is 1. The molecule has 0 aromatic carbocycles. The highest BCUT2D eigenvalue weighted by atomic mass is 35.5. The predicted molar refractivity (Wildman–Crippen MR) is 27.5 cm³/mol. The maximum Gasteiger partial charge on any atom is 0.425 e. The van der Waals surface area contributed by atoms with E-state index < -0.39 is 17.0 Å². The molecule has 6 heteroatoms. The normalized spacial score (nSPS) is 18.2. The average molecular weight is 177 g/mol. The van der Waals surface area contributed by atoms with Crippen LogP contribution in [0.5, 0.6) is 0 Å². The molecule has 2 nitrogen and oxygen atoms in total. The van der Waals surface area contributed by atoms with Gasteiger partial charge >= 0.3 is 6.18 Å². The van der Waals surface area contributed by atoms with Gasteiger partial charge in [-0.15, -0.1) is 0 Å². The van der Waals surface area contributed by atoms with Gasteiger partial charge in [0, 0.05) is 0 Å². The quantitative estimate of drug-likeness (QED) is 0.607. The van der Waals surface area contributed by atoms with Gasteiger partial charge in [-0.3, -0.25) is 4.79 Å². The van der Waals surface area contributed by atoms with E-state index in [1.54, 1.807) is 0 Å². The van der Waals surface area contributed by atoms with Crippen molar-refractivity contribution in [1.82, 2.24) is 0 Å². The average Bonchev–Trinajstić information content (AvgIpc) is 1.62. The van der Waals surface area contributed by atoms with Gasteiger partial charge < -0.3 is 5.11 Å². The van der Waals surface area contributed by atoms with E-state index in [1.165, 1.54) is 0 Å². The van der Waals surface area contributed by atoms with Crippen molar-refractivity contribution in [3.63, 3.8) is 0 Å². The van der Waals surface area contributed by atoms with Gasteiger partial charge in [0.15, 0.2) is 0 Å². The first-order valence-electron chi connectivity index (χ1n) is 2.18. The molecule has 0 radical (unpaired) electrons. The van der Waals surface area contributed by atoms with E-state index in [2.05, 4.69) is 11.6 Å². The molecule has 0 heterocycles. The van der Waals surface area contributed by atoms with Crippen LogP contribution >= 0.6 is 11.6 Å². The zero-order valence-corrected chi connectivity index (χ0v) is 5.62. The van der Waals surface area contributed by atoms with Gasteiger partial charge in [-0.2, -0.15) is 13.2 Å². The highest BCUT2D eigenvalue weighted by molar-refractivity contribution is 6.65. The first kappa shape index (κ1) is 9.71. The van der Waals surface area contributed by atoms with Crippen LogP contribution in [0.3, 0.4) is 0 Å². The van der Waals surface area contributed by atoms with Gasteiger partial charge in [0.05, 0.1) is 0 Å². The van der Waals surface area contributed by atoms with Crippen LogP contribution in [0.1, 0.15) is 6.92 Å². The van der Waals surface area contributed by atoms with Crippen molar-refractivity contribution in [3.8, 4) is 0 Å². The monoisotopic (exact) mass is 176 g/mol. The third-order valence-electron chi connectivity index (χ3n) is 0.935. The van der Waals surface area contributed by atoms with E-state index in [9.17, 15) is 18.0 Å². The molecule has 0 aliphatic heterocycles. The van der Waals surface area contributed by atoms with E-state index in [1.807, 2.05) is 0 Å². The fraction of sp³-hybridized carbons (Fsp3) is 0.750. The van der Waals surface area contributed by atoms with E-state index in [0.717, 1.165) is 0 Å². The molecule has 0 bridgehead atoms. The van der Waals surface area contributed by atoms with Crippen molar-refractivity contribution in [1.29, 1.82) is 0 Å². The maximum atomic E-state index is 11.5. The summed E-state index contributed by atoms with van der Waals surface area (Å²) in [6.07, 6.45) is -5.01. The molecular formula is C4H4ClF3O2. The summed E-state index contributed by atoms with van der Waals surface area (Å²) in [5, 5.41) is 6.49. The van der Waals surface area contributed by atoms with Crippen LogP contribution in [0.15, 0.2) is 0 Å². The summed E-state index contributed by atoms with van der Waals surface area (Å²) in [4.78, 5) is 9.91. The lowest BCUT2D eigenvalue weighted by molar-refractivity contribution is -0.240. The minimum Gasteiger partial charge on any atom is -0.373 e. The van der Waals surface area contributed by atoms with E-state index in [4.69, 9.17) is 5.11 Å². The number of carbonyl (C=O) groups excluding carboxylic acids is 1. The molecule has 0 aliphatic carbocycles. The van der Waals surface area contributed by atoms with E-state index in [-0.39, 0.29) is 0 Å². The van der Waals surface area contributed by atoms with Crippen molar-refractivity contribution < 1.29 is 23.1 Å². The second-order valence-electron chi connectivity index (χ2n) is 1.84. The molecule has 10 heavy (non-hydrogen) atoms. The first-order chi connectivity index (χ1) is 4.19. The van der Waals surface area contributed by atoms with Crippen LogP contribution in [0.2, 0.25) is 0 Å². The largest absolute Gasteiger partial charge is 0.425 e. The highest BCUT2D eigenvalue weighted by Crippen LogP contribution is 2.31. The van der Waals surface area contributed by atoms with Gasteiger partial charge in [0.2, 0.25) is 5.60 Å². The van der Waals surface area contributed by atoms with Crippen molar-refractivity contribution in [2.24, 2.45) is 0 Å². The summed E-state index contributed by atoms with van der Waals surface area (Å²) in [6, 6.07) is 0. The van der Waals surface area contributed by atoms with Crippen LogP contribution in [0.25, 0.3) is 0 Å². The molecule has 0 aromatic heterocycles. The molecule has 0 saturated carbocycles. The smallest absolute Gasteiger partial charge is 0.373 e. The van der Waals surface area contributed by atoms with Crippen molar-refractivity contribution in [3.05, 3.63) is 0 Å². The summed E-state index contributed by atoms with van der Waals surface area (Å²) in [5.74, 6) is 0. The molecular weight excluding hydrogens is 172 g/mol. The lowest BCUT2D eigenvalue weighted by Crippen LogP contribution is -2.47. The third-order valence-corrected chi connectivity index (χ3v) is 1.30. The Labute approximate surface area is 59.6 Å².